The quantitative estimate of drug-likeness (QED) is 0.371. The van der Waals surface area contributed by atoms with E-state index in [0.29, 0.717) is 38.1 Å². The lowest BCUT2D eigenvalue weighted by Gasteiger charge is -2.27. The Hall–Kier alpha value is -0.870. The number of nitrogens with zero attached hydrogens (tertiary/aromatic N) is 2. The van der Waals surface area contributed by atoms with Crippen molar-refractivity contribution in [3.8, 4) is 0 Å². The Labute approximate surface area is 173 Å². The molecule has 9 heteroatoms. The monoisotopic (exact) mass is 419 g/mol. The highest BCUT2D eigenvalue weighted by atomic mass is 32.2. The van der Waals surface area contributed by atoms with Gasteiger partial charge >= 0.3 is 0 Å². The summed E-state index contributed by atoms with van der Waals surface area (Å²) >= 11 is 1.61. The first-order valence-electron chi connectivity index (χ1n) is 10.0. The van der Waals surface area contributed by atoms with Crippen molar-refractivity contribution in [2.75, 3.05) is 79.0 Å². The zero-order valence-corrected chi connectivity index (χ0v) is 18.4. The first kappa shape index (κ1) is 25.2. The summed E-state index contributed by atoms with van der Waals surface area (Å²) in [6.07, 6.45) is 4.43. The third-order valence-electron chi connectivity index (χ3n) is 4.56. The second-order valence-electron chi connectivity index (χ2n) is 6.81. The molecule has 0 spiro atoms. The number of ether oxygens (including phenoxy) is 3. The Morgan fingerprint density at radius 1 is 1.11 bits per heavy atom. The highest BCUT2D eigenvalue weighted by molar-refractivity contribution is 7.99. The average molecular weight is 420 g/mol. The molecule has 164 valence electrons. The maximum Gasteiger partial charge on any atom is 0.249 e. The van der Waals surface area contributed by atoms with E-state index in [2.05, 4.69) is 5.32 Å². The van der Waals surface area contributed by atoms with E-state index in [1.165, 1.54) is 6.42 Å². The van der Waals surface area contributed by atoms with Crippen LogP contribution in [0.1, 0.15) is 25.7 Å². The third-order valence-corrected chi connectivity index (χ3v) is 5.58. The molecular weight excluding hydrogens is 382 g/mol. The van der Waals surface area contributed by atoms with Gasteiger partial charge in [-0.2, -0.15) is 0 Å². The molecule has 1 atom stereocenters. The first-order chi connectivity index (χ1) is 13.6. The molecule has 1 unspecified atom stereocenters. The highest BCUT2D eigenvalue weighted by Gasteiger charge is 2.35. The molecular formula is C19H37N3O5S. The molecule has 1 rings (SSSR count). The molecule has 0 aromatic heterocycles. The predicted octanol–water partition coefficient (Wildman–Crippen LogP) is 0.806. The molecule has 0 aliphatic carbocycles. The Morgan fingerprint density at radius 2 is 1.82 bits per heavy atom. The Kier molecular flexibility index (Phi) is 14.4. The van der Waals surface area contributed by atoms with E-state index in [4.69, 9.17) is 14.2 Å². The van der Waals surface area contributed by atoms with Crippen LogP contribution in [-0.2, 0) is 23.8 Å². The maximum absolute atomic E-state index is 12.7. The van der Waals surface area contributed by atoms with Crippen LogP contribution in [0.25, 0.3) is 0 Å². The highest BCUT2D eigenvalue weighted by Crippen LogP contribution is 2.22. The van der Waals surface area contributed by atoms with E-state index in [1.807, 2.05) is 14.1 Å². The average Bonchev–Trinajstić information content (AvgIpc) is 3.19. The molecule has 1 saturated heterocycles. The predicted molar refractivity (Wildman–Crippen MR) is 112 cm³/mol. The number of hydrogen-bond acceptors (Lipinski definition) is 7. The van der Waals surface area contributed by atoms with Crippen LogP contribution >= 0.6 is 11.8 Å². The van der Waals surface area contributed by atoms with Crippen LogP contribution in [0, 0.1) is 0 Å². The van der Waals surface area contributed by atoms with E-state index in [-0.39, 0.29) is 24.5 Å². The molecule has 0 bridgehead atoms. The van der Waals surface area contributed by atoms with Gasteiger partial charge in [0, 0.05) is 26.5 Å². The molecule has 0 saturated carbocycles. The largest absolute Gasteiger partial charge is 0.382 e. The topological polar surface area (TPSA) is 80.3 Å². The van der Waals surface area contributed by atoms with Gasteiger partial charge in [-0.05, 0) is 26.4 Å². The minimum atomic E-state index is -0.381. The molecule has 28 heavy (non-hydrogen) atoms. The lowest BCUT2D eigenvalue weighted by atomic mass is 10.1. The van der Waals surface area contributed by atoms with Gasteiger partial charge in [0.05, 0.1) is 32.3 Å². The SMILES string of the molecule is CNCCCCCCN(C)C(=O)C1CSCN1C(=O)COCCOCCOC. The number of unbranched alkanes of at least 4 members (excludes halogenated alkanes) is 3. The molecule has 0 aromatic rings. The van der Waals surface area contributed by atoms with Crippen molar-refractivity contribution >= 4 is 23.6 Å². The van der Waals surface area contributed by atoms with Crippen LogP contribution < -0.4 is 5.32 Å². The fraction of sp³-hybridized carbons (Fsp3) is 0.895. The van der Waals surface area contributed by atoms with Crippen LogP contribution in [0.4, 0.5) is 0 Å². The van der Waals surface area contributed by atoms with Crippen molar-refractivity contribution in [1.29, 1.82) is 0 Å². The van der Waals surface area contributed by atoms with Crippen LogP contribution in [-0.4, -0.2) is 107 Å². The lowest BCUT2D eigenvalue weighted by Crippen LogP contribution is -2.49. The van der Waals surface area contributed by atoms with Gasteiger partial charge in [-0.1, -0.05) is 12.8 Å². The number of rotatable bonds is 16. The Bertz CT molecular complexity index is 442. The van der Waals surface area contributed by atoms with Gasteiger partial charge < -0.3 is 29.3 Å². The Morgan fingerprint density at radius 3 is 2.57 bits per heavy atom. The van der Waals surface area contributed by atoms with Crippen molar-refractivity contribution in [3.05, 3.63) is 0 Å². The van der Waals surface area contributed by atoms with E-state index < -0.39 is 0 Å². The molecule has 2 amide bonds. The summed E-state index contributed by atoms with van der Waals surface area (Å²) in [5.41, 5.74) is 0. The van der Waals surface area contributed by atoms with Gasteiger partial charge in [-0.25, -0.2) is 0 Å². The summed E-state index contributed by atoms with van der Waals surface area (Å²) in [7, 11) is 5.41. The molecule has 0 radical (unpaired) electrons. The Balaban J connectivity index is 2.25. The minimum absolute atomic E-state index is 0.0207. The van der Waals surface area contributed by atoms with Gasteiger partial charge in [0.25, 0.3) is 0 Å². The van der Waals surface area contributed by atoms with Gasteiger partial charge in [-0.3, -0.25) is 9.59 Å². The maximum atomic E-state index is 12.7. The van der Waals surface area contributed by atoms with Crippen molar-refractivity contribution in [1.82, 2.24) is 15.1 Å². The van der Waals surface area contributed by atoms with Crippen LogP contribution in [0.5, 0.6) is 0 Å². The molecule has 0 aromatic carbocycles. The number of thioether (sulfide) groups is 1. The summed E-state index contributed by atoms with van der Waals surface area (Å²) < 4.78 is 15.6. The van der Waals surface area contributed by atoms with Gasteiger partial charge in [0.2, 0.25) is 11.8 Å². The molecule has 1 aliphatic rings. The number of methoxy groups -OCH3 is 1. The second kappa shape index (κ2) is 16.0. The third kappa shape index (κ3) is 10.1. The summed E-state index contributed by atoms with van der Waals surface area (Å²) in [4.78, 5) is 28.6. The van der Waals surface area contributed by atoms with Gasteiger partial charge in [0.15, 0.2) is 0 Å². The molecule has 1 aliphatic heterocycles. The number of nitrogens with one attached hydrogen (secondary N) is 1. The van der Waals surface area contributed by atoms with Crippen molar-refractivity contribution in [2.45, 2.75) is 31.7 Å². The first-order valence-corrected chi connectivity index (χ1v) is 11.2. The standard InChI is InChI=1S/C19H37N3O5S/c1-20-8-6-4-5-7-9-21(2)19(24)17-15-28-16-22(17)18(23)14-27-13-12-26-11-10-25-3/h17,20H,4-16H2,1-3H3. The number of hydrogen-bond donors (Lipinski definition) is 1. The van der Waals surface area contributed by atoms with Crippen molar-refractivity contribution in [3.63, 3.8) is 0 Å². The van der Waals surface area contributed by atoms with E-state index in [0.717, 1.165) is 32.4 Å². The fourth-order valence-corrected chi connectivity index (χ4v) is 4.04. The van der Waals surface area contributed by atoms with Gasteiger partial charge in [-0.15, -0.1) is 11.8 Å². The molecule has 1 fully saturated rings. The van der Waals surface area contributed by atoms with Crippen LogP contribution in [0.15, 0.2) is 0 Å². The van der Waals surface area contributed by atoms with E-state index in [1.54, 1.807) is 28.7 Å². The van der Waals surface area contributed by atoms with Crippen LogP contribution in [0.2, 0.25) is 0 Å². The molecule has 1 N–H and O–H groups in total. The zero-order chi connectivity index (χ0) is 20.6. The minimum Gasteiger partial charge on any atom is -0.382 e. The van der Waals surface area contributed by atoms with Crippen molar-refractivity contribution < 1.29 is 23.8 Å². The van der Waals surface area contributed by atoms with Gasteiger partial charge in [0.1, 0.15) is 12.6 Å². The lowest BCUT2D eigenvalue weighted by molar-refractivity contribution is -0.145. The van der Waals surface area contributed by atoms with Crippen LogP contribution in [0.3, 0.4) is 0 Å². The zero-order valence-electron chi connectivity index (χ0n) is 17.6. The summed E-state index contributed by atoms with van der Waals surface area (Å²) in [5, 5.41) is 3.14. The fourth-order valence-electron chi connectivity index (χ4n) is 2.87. The second-order valence-corrected chi connectivity index (χ2v) is 7.81. The van der Waals surface area contributed by atoms with E-state index in [9.17, 15) is 9.59 Å². The number of carbonyl (C=O) groups is 2. The number of carbonyl (C=O) groups excluding carboxylic acids is 2. The van der Waals surface area contributed by atoms with E-state index >= 15 is 0 Å². The summed E-state index contributed by atoms with van der Waals surface area (Å²) in [6, 6.07) is -0.381. The number of likely N-dealkylation sites (N-methyl/N-ethyl adjacent to an activating group) is 1. The molecule has 8 nitrogen and oxygen atoms in total. The normalized spacial score (nSPS) is 16.5. The summed E-state index contributed by atoms with van der Waals surface area (Å²) in [6.45, 7) is 3.57. The smallest absolute Gasteiger partial charge is 0.249 e. The van der Waals surface area contributed by atoms with Crippen molar-refractivity contribution in [2.24, 2.45) is 0 Å². The molecule has 1 heterocycles. The summed E-state index contributed by atoms with van der Waals surface area (Å²) in [5.74, 6) is 1.08. The number of amides is 2.